The van der Waals surface area contributed by atoms with E-state index in [1.807, 2.05) is 6.08 Å². The Kier molecular flexibility index (Phi) is 5.24. The van der Waals surface area contributed by atoms with E-state index < -0.39 is 0 Å². The van der Waals surface area contributed by atoms with Crippen LogP contribution >= 0.6 is 12.2 Å². The van der Waals surface area contributed by atoms with E-state index in [1.165, 1.54) is 52.0 Å². The van der Waals surface area contributed by atoms with Crippen molar-refractivity contribution in [3.05, 3.63) is 90.3 Å². The SMILES string of the molecule is C=CCNC(=S)c1c(-c2ccc(C)cc2)c2c3n(c(-c4ccccc4)cn13)CCCC2. The molecule has 2 aromatic heterocycles. The maximum atomic E-state index is 5.92. The number of nitrogens with zero attached hydrogens (tertiary/aromatic N) is 2. The molecule has 0 fully saturated rings. The number of hydrogen-bond donors (Lipinski definition) is 1. The zero-order chi connectivity index (χ0) is 21.4. The van der Waals surface area contributed by atoms with Gasteiger partial charge in [0.15, 0.2) is 0 Å². The number of aryl methyl sites for hydroxylation is 3. The minimum absolute atomic E-state index is 0.654. The molecular formula is C27H27N3S. The van der Waals surface area contributed by atoms with Crippen molar-refractivity contribution in [3.63, 3.8) is 0 Å². The molecule has 0 spiro atoms. The molecule has 4 aromatic rings. The number of thiocarbonyl (C=S) groups is 1. The second kappa shape index (κ2) is 8.20. The first-order valence-corrected chi connectivity index (χ1v) is 11.4. The summed E-state index contributed by atoms with van der Waals surface area (Å²) in [4.78, 5) is 0.772. The fourth-order valence-corrected chi connectivity index (χ4v) is 5.01. The highest BCUT2D eigenvalue weighted by Crippen LogP contribution is 2.39. The van der Waals surface area contributed by atoms with Crippen LogP contribution in [0.5, 0.6) is 0 Å². The minimum Gasteiger partial charge on any atom is -0.371 e. The van der Waals surface area contributed by atoms with Crippen LogP contribution in [0.2, 0.25) is 0 Å². The maximum absolute atomic E-state index is 5.92. The molecule has 1 aliphatic heterocycles. The maximum Gasteiger partial charge on any atom is 0.124 e. The van der Waals surface area contributed by atoms with Crippen molar-refractivity contribution < 1.29 is 0 Å². The number of benzene rings is 2. The third-order valence-electron chi connectivity index (χ3n) is 6.17. The molecule has 0 bridgehead atoms. The van der Waals surface area contributed by atoms with Crippen molar-refractivity contribution in [3.8, 4) is 22.4 Å². The molecular weight excluding hydrogens is 398 g/mol. The van der Waals surface area contributed by atoms with Gasteiger partial charge in [-0.3, -0.25) is 4.40 Å². The lowest BCUT2D eigenvalue weighted by molar-refractivity contribution is 0.647. The summed E-state index contributed by atoms with van der Waals surface area (Å²) in [5, 5.41) is 3.39. The van der Waals surface area contributed by atoms with E-state index >= 15 is 0 Å². The van der Waals surface area contributed by atoms with Gasteiger partial charge in [0.05, 0.1) is 11.4 Å². The highest BCUT2D eigenvalue weighted by molar-refractivity contribution is 7.80. The van der Waals surface area contributed by atoms with Gasteiger partial charge in [0, 0.05) is 30.4 Å². The molecule has 3 nitrogen and oxygen atoms in total. The zero-order valence-electron chi connectivity index (χ0n) is 17.9. The molecule has 0 amide bonds. The Morgan fingerprint density at radius 1 is 1.06 bits per heavy atom. The summed E-state index contributed by atoms with van der Waals surface area (Å²) >= 11 is 5.92. The van der Waals surface area contributed by atoms with Crippen LogP contribution in [0.3, 0.4) is 0 Å². The molecule has 0 saturated heterocycles. The molecule has 0 aliphatic carbocycles. The summed E-state index contributed by atoms with van der Waals surface area (Å²) in [7, 11) is 0. The normalized spacial score (nSPS) is 13.2. The Morgan fingerprint density at radius 3 is 2.58 bits per heavy atom. The van der Waals surface area contributed by atoms with E-state index in [0.29, 0.717) is 6.54 Å². The monoisotopic (exact) mass is 425 g/mol. The Bertz CT molecular complexity index is 1260. The van der Waals surface area contributed by atoms with Crippen LogP contribution in [0.1, 0.15) is 29.7 Å². The predicted octanol–water partition coefficient (Wildman–Crippen LogP) is 6.17. The van der Waals surface area contributed by atoms with E-state index in [4.69, 9.17) is 12.2 Å². The summed E-state index contributed by atoms with van der Waals surface area (Å²) in [6, 6.07) is 19.5. The molecule has 1 N–H and O–H groups in total. The average Bonchev–Trinajstić information content (AvgIpc) is 3.21. The van der Waals surface area contributed by atoms with Crippen molar-refractivity contribution in [2.45, 2.75) is 32.7 Å². The van der Waals surface area contributed by atoms with Gasteiger partial charge in [-0.15, -0.1) is 6.58 Å². The summed E-state index contributed by atoms with van der Waals surface area (Å²) < 4.78 is 4.82. The first-order chi connectivity index (χ1) is 15.2. The van der Waals surface area contributed by atoms with Gasteiger partial charge in [0.25, 0.3) is 0 Å². The summed E-state index contributed by atoms with van der Waals surface area (Å²) in [5.74, 6) is 0. The molecule has 1 aliphatic rings. The third-order valence-corrected chi connectivity index (χ3v) is 6.50. The Labute approximate surface area is 189 Å². The molecule has 0 saturated carbocycles. The van der Waals surface area contributed by atoms with Crippen LogP contribution in [0.15, 0.2) is 73.4 Å². The Morgan fingerprint density at radius 2 is 1.84 bits per heavy atom. The lowest BCUT2D eigenvalue weighted by Gasteiger charge is -2.11. The molecule has 5 rings (SSSR count). The fourth-order valence-electron chi connectivity index (χ4n) is 4.73. The number of nitrogens with one attached hydrogen (secondary N) is 1. The van der Waals surface area contributed by atoms with Crippen LogP contribution in [0.4, 0.5) is 0 Å². The smallest absolute Gasteiger partial charge is 0.124 e. The third kappa shape index (κ3) is 3.41. The molecule has 0 unspecified atom stereocenters. The first-order valence-electron chi connectivity index (χ1n) is 11.0. The van der Waals surface area contributed by atoms with E-state index in [0.717, 1.165) is 23.6 Å². The van der Waals surface area contributed by atoms with Crippen molar-refractivity contribution in [2.24, 2.45) is 0 Å². The second-order valence-corrected chi connectivity index (χ2v) is 8.66. The molecule has 3 heterocycles. The molecule has 0 atom stereocenters. The zero-order valence-corrected chi connectivity index (χ0v) is 18.7. The largest absolute Gasteiger partial charge is 0.371 e. The first kappa shape index (κ1) is 19.8. The fraction of sp³-hybridized carbons (Fsp3) is 0.222. The van der Waals surface area contributed by atoms with E-state index in [-0.39, 0.29) is 0 Å². The van der Waals surface area contributed by atoms with Crippen molar-refractivity contribution >= 4 is 22.9 Å². The van der Waals surface area contributed by atoms with E-state index in [9.17, 15) is 0 Å². The van der Waals surface area contributed by atoms with Crippen LogP contribution in [0.25, 0.3) is 28.0 Å². The molecule has 31 heavy (non-hydrogen) atoms. The van der Waals surface area contributed by atoms with Gasteiger partial charge in [0.2, 0.25) is 0 Å². The lowest BCUT2D eigenvalue weighted by atomic mass is 9.97. The van der Waals surface area contributed by atoms with Crippen LogP contribution in [0, 0.1) is 6.92 Å². The van der Waals surface area contributed by atoms with Gasteiger partial charge in [-0.2, -0.15) is 0 Å². The minimum atomic E-state index is 0.654. The quantitative estimate of drug-likeness (QED) is 0.305. The van der Waals surface area contributed by atoms with Crippen LogP contribution < -0.4 is 5.32 Å². The summed E-state index contributed by atoms with van der Waals surface area (Å²) in [5.41, 5.74) is 10.0. The molecule has 156 valence electrons. The summed E-state index contributed by atoms with van der Waals surface area (Å²) in [6.07, 6.45) is 7.55. The van der Waals surface area contributed by atoms with Gasteiger partial charge in [0.1, 0.15) is 10.6 Å². The van der Waals surface area contributed by atoms with Crippen molar-refractivity contribution in [1.82, 2.24) is 14.3 Å². The van der Waals surface area contributed by atoms with Gasteiger partial charge in [-0.25, -0.2) is 0 Å². The number of aromatic nitrogens is 2. The van der Waals surface area contributed by atoms with Gasteiger partial charge < -0.3 is 9.88 Å². The standard InChI is InChI=1S/C27H27N3S/c1-3-16-28-26(31)25-24(21-14-12-19(2)13-15-21)22-11-7-8-17-29-23(18-30(25)27(22)29)20-9-5-4-6-10-20/h3-6,9-10,12-15,18H,1,7-8,11,16-17H2,2H3,(H,28,31). The van der Waals surface area contributed by atoms with Crippen LogP contribution in [-0.4, -0.2) is 20.5 Å². The van der Waals surface area contributed by atoms with E-state index in [1.54, 1.807) is 0 Å². The molecule has 0 radical (unpaired) electrons. The second-order valence-electron chi connectivity index (χ2n) is 8.25. The highest BCUT2D eigenvalue weighted by atomic mass is 32.1. The van der Waals surface area contributed by atoms with Gasteiger partial charge in [-0.05, 0) is 37.3 Å². The number of rotatable bonds is 5. The topological polar surface area (TPSA) is 21.4 Å². The Hall–Kier alpha value is -3.11. The number of imidazole rings is 1. The lowest BCUT2D eigenvalue weighted by Crippen LogP contribution is -2.24. The van der Waals surface area contributed by atoms with E-state index in [2.05, 4.69) is 88.6 Å². The molecule has 4 heteroatoms. The molecule has 2 aromatic carbocycles. The van der Waals surface area contributed by atoms with Gasteiger partial charge >= 0.3 is 0 Å². The average molecular weight is 426 g/mol. The van der Waals surface area contributed by atoms with Crippen molar-refractivity contribution in [1.29, 1.82) is 0 Å². The number of hydrogen-bond acceptors (Lipinski definition) is 1. The summed E-state index contributed by atoms with van der Waals surface area (Å²) in [6.45, 7) is 7.66. The van der Waals surface area contributed by atoms with Crippen molar-refractivity contribution in [2.75, 3.05) is 6.54 Å². The predicted molar refractivity (Wildman–Crippen MR) is 134 cm³/mol. The van der Waals surface area contributed by atoms with Gasteiger partial charge in [-0.1, -0.05) is 78.5 Å². The highest BCUT2D eigenvalue weighted by Gasteiger charge is 2.27. The van der Waals surface area contributed by atoms with Crippen LogP contribution in [-0.2, 0) is 13.0 Å². The Balaban J connectivity index is 1.82.